The molecule has 122 heavy (non-hydrogen) atoms. The maximum atomic E-state index is 5.26. The molecule has 0 spiro atoms. The van der Waals surface area contributed by atoms with Gasteiger partial charge >= 0.3 is 364 Å². The molecule has 0 N–H and O–H groups in total. The minimum atomic E-state index is -3.50. The number of aromatic nitrogens is 4. The van der Waals surface area contributed by atoms with Crippen LogP contribution in [0.4, 0.5) is 0 Å². The first-order valence-electron chi connectivity index (χ1n) is 41.8. The maximum absolute atomic E-state index is 5.26. The second-order valence-electron chi connectivity index (χ2n) is 31.5. The molecule has 0 radical (unpaired) electrons. The van der Waals surface area contributed by atoms with E-state index in [9.17, 15) is 0 Å². The van der Waals surface area contributed by atoms with E-state index >= 15 is 0 Å². The van der Waals surface area contributed by atoms with Gasteiger partial charge in [-0.2, -0.15) is 0 Å². The van der Waals surface area contributed by atoms with E-state index in [2.05, 4.69) is 437 Å². The number of hydrogen-bond donors (Lipinski definition) is 0. The summed E-state index contributed by atoms with van der Waals surface area (Å²) in [7, 11) is -2.79. The molecule has 4 nitrogen and oxygen atoms in total. The quantitative estimate of drug-likeness (QED) is 0.0905. The summed E-state index contributed by atoms with van der Waals surface area (Å²) >= 11 is -3.50. The normalized spacial score (nSPS) is 12.4. The molecule has 572 valence electrons. The molecule has 0 amide bonds. The van der Waals surface area contributed by atoms with Crippen LogP contribution in [0.15, 0.2) is 485 Å². The minimum absolute atomic E-state index is 0.699. The van der Waals surface area contributed by atoms with E-state index in [0.717, 1.165) is 56.2 Å². The summed E-state index contributed by atoms with van der Waals surface area (Å²) in [6.07, 6.45) is 0. The Balaban J connectivity index is 0.000000150. The molecular formula is C116H80GeN4Si. The predicted molar refractivity (Wildman–Crippen MR) is 515 cm³/mol. The number of fused-ring (bicyclic) bond motifs is 6. The first-order chi connectivity index (χ1) is 60.4. The molecule has 2 aromatic heterocycles. The predicted octanol–water partition coefficient (Wildman–Crippen LogP) is 23.7. The third-order valence-electron chi connectivity index (χ3n) is 24.3. The van der Waals surface area contributed by atoms with Crippen LogP contribution in [-0.2, 0) is 0 Å². The number of benzene rings is 18. The summed E-state index contributed by atoms with van der Waals surface area (Å²) in [6.45, 7) is 0. The molecule has 20 aromatic rings. The van der Waals surface area contributed by atoms with Crippen LogP contribution in [0.5, 0.6) is 0 Å². The van der Waals surface area contributed by atoms with Crippen LogP contribution in [0.25, 0.3) is 157 Å². The number of nitrogens with zero attached hydrogens (tertiary/aromatic N) is 4. The van der Waals surface area contributed by atoms with Gasteiger partial charge in [-0.15, -0.1) is 0 Å². The molecule has 0 unspecified atom stereocenters. The zero-order valence-corrected chi connectivity index (χ0v) is 70.1. The third-order valence-corrected chi connectivity index (χ3v) is 39.4. The monoisotopic (exact) mass is 1630 g/mol. The van der Waals surface area contributed by atoms with Gasteiger partial charge in [0.2, 0.25) is 0 Å². The van der Waals surface area contributed by atoms with Crippen molar-refractivity contribution in [2.24, 2.45) is 0 Å². The van der Waals surface area contributed by atoms with E-state index in [4.69, 9.17) is 19.9 Å². The van der Waals surface area contributed by atoms with Crippen LogP contribution in [-0.4, -0.2) is 41.3 Å². The Bertz CT molecular complexity index is 6080. The van der Waals surface area contributed by atoms with Crippen molar-refractivity contribution >= 4 is 59.7 Å². The van der Waals surface area contributed by atoms with Gasteiger partial charge in [0, 0.05) is 33.4 Å². The molecule has 0 atom stereocenters. The van der Waals surface area contributed by atoms with Gasteiger partial charge in [0.05, 0.1) is 22.8 Å². The zero-order valence-electron chi connectivity index (χ0n) is 67.0. The van der Waals surface area contributed by atoms with E-state index in [0.29, 0.717) is 11.6 Å². The van der Waals surface area contributed by atoms with Crippen LogP contribution < -0.4 is 38.3 Å². The van der Waals surface area contributed by atoms with Crippen molar-refractivity contribution in [1.82, 2.24) is 19.9 Å². The first kappa shape index (κ1) is 74.4. The molecule has 0 aliphatic carbocycles. The Morgan fingerprint density at radius 3 is 0.680 bits per heavy atom. The van der Waals surface area contributed by atoms with Crippen LogP contribution >= 0.6 is 0 Å². The number of hydrogen-bond acceptors (Lipinski definition) is 4. The molecule has 0 fully saturated rings. The van der Waals surface area contributed by atoms with E-state index in [1.54, 1.807) is 0 Å². The van der Waals surface area contributed by atoms with Crippen molar-refractivity contribution < 1.29 is 0 Å². The molecule has 0 bridgehead atoms. The van der Waals surface area contributed by atoms with E-state index in [1.807, 2.05) is 48.5 Å². The van der Waals surface area contributed by atoms with Crippen molar-refractivity contribution in [3.63, 3.8) is 0 Å². The Hall–Kier alpha value is -15.1. The van der Waals surface area contributed by atoms with Crippen molar-refractivity contribution in [1.29, 1.82) is 0 Å². The molecular weight excluding hydrogens is 1550 g/mol. The van der Waals surface area contributed by atoms with Crippen molar-refractivity contribution in [3.05, 3.63) is 485 Å². The van der Waals surface area contributed by atoms with E-state index < -0.39 is 21.3 Å². The van der Waals surface area contributed by atoms with Gasteiger partial charge < -0.3 is 0 Å². The van der Waals surface area contributed by atoms with Gasteiger partial charge in [-0.3, -0.25) is 0 Å². The van der Waals surface area contributed by atoms with Crippen LogP contribution in [0.3, 0.4) is 0 Å². The summed E-state index contributed by atoms with van der Waals surface area (Å²) in [5.41, 5.74) is 29.4. The summed E-state index contributed by atoms with van der Waals surface area (Å²) in [4.78, 5) is 20.7. The van der Waals surface area contributed by atoms with Gasteiger partial charge in [0.25, 0.3) is 0 Å². The molecule has 2 aliphatic rings. The molecule has 22 rings (SSSR count). The molecule has 18 aromatic carbocycles. The Morgan fingerprint density at radius 2 is 0.385 bits per heavy atom. The average molecular weight is 1630 g/mol. The van der Waals surface area contributed by atoms with Crippen molar-refractivity contribution in [2.75, 3.05) is 0 Å². The van der Waals surface area contributed by atoms with Gasteiger partial charge in [0.1, 0.15) is 0 Å². The Morgan fingerprint density at radius 1 is 0.156 bits per heavy atom. The Kier molecular flexibility index (Phi) is 19.9. The standard InChI is InChI=1S/C60H42Ge.C56H38N4Si/c1-7-19-43(20-8-1)49-35-50(44-21-9-2-10-22-44)38-53(37-49)47-31-33-59-57(41-47)58-42-48(32-34-60(58)61(59,55-27-15-5-16-28-55)56-29-17-6-18-30-56)54-39-51(45-23-11-3-12-24-45)36-52(40-54)46-25-13-4-14-26-46;1-7-19-39(20-8-1)49-37-51(59-55(57-49)41-23-11-3-12-24-41)43-31-33-53-47(35-43)48-36-44(32-34-54(48)61(53,45-27-15-5-16-28-45)46-29-17-6-18-30-46)52-38-50(40-21-9-2-10-22-40)58-56(60-52)42-25-13-4-14-26-42/h1-42H;1-38H. The zero-order chi connectivity index (χ0) is 81.2. The number of rotatable bonds is 16. The fraction of sp³-hybridized carbons (Fsp3) is 0. The Labute approximate surface area is 716 Å². The van der Waals surface area contributed by atoms with Gasteiger partial charge in [-0.1, -0.05) is 206 Å². The summed E-state index contributed by atoms with van der Waals surface area (Å²) in [5, 5.41) is 5.42. The summed E-state index contributed by atoms with van der Waals surface area (Å²) in [6, 6.07) is 177. The van der Waals surface area contributed by atoms with Gasteiger partial charge in [-0.05, 0) is 56.1 Å². The van der Waals surface area contributed by atoms with Crippen LogP contribution in [0.2, 0.25) is 0 Å². The second kappa shape index (κ2) is 32.6. The van der Waals surface area contributed by atoms with E-state index in [1.165, 1.54) is 127 Å². The van der Waals surface area contributed by atoms with Crippen LogP contribution in [0.1, 0.15) is 0 Å². The second-order valence-corrected chi connectivity index (χ2v) is 43.0. The van der Waals surface area contributed by atoms with E-state index in [-0.39, 0.29) is 0 Å². The molecule has 4 heterocycles. The SMILES string of the molecule is c1ccc(-c2cc(-c3ccc4c(c3)-c3cc(-c5cc(-c6ccccc6)nc(-c6ccccc6)n5)ccc3[Si]4(c3ccccc3)c3ccccc3)nc(-c3ccccc3)n2)cc1.c1ccc(-c2cc(-c3ccccc3)cc(-c3cc[c]4c(c3)-c3cc(-c5cc(-c6ccccc6)cc(-c6ccccc6)c5)cc[c]3[Ge]4([c]3ccccc3)[c]3ccccc3)c2)cc1. The van der Waals surface area contributed by atoms with Gasteiger partial charge in [-0.25, -0.2) is 19.9 Å². The van der Waals surface area contributed by atoms with Crippen LogP contribution in [0, 0.1) is 0 Å². The molecule has 2 aliphatic heterocycles. The first-order valence-corrected chi connectivity index (χ1v) is 48.0. The third kappa shape index (κ3) is 13.9. The average Bonchev–Trinajstić information content (AvgIpc) is 1.54. The molecule has 0 saturated heterocycles. The molecule has 0 saturated carbocycles. The fourth-order valence-corrected chi connectivity index (χ4v) is 34.5. The van der Waals surface area contributed by atoms with Crippen molar-refractivity contribution in [2.45, 2.75) is 0 Å². The fourth-order valence-electron chi connectivity index (χ4n) is 18.6. The topological polar surface area (TPSA) is 51.6 Å². The molecule has 6 heteroatoms. The summed E-state index contributed by atoms with van der Waals surface area (Å²) < 4.78 is 5.87. The summed E-state index contributed by atoms with van der Waals surface area (Å²) in [5.74, 6) is 1.40. The van der Waals surface area contributed by atoms with Gasteiger partial charge in [0.15, 0.2) is 19.7 Å². The van der Waals surface area contributed by atoms with Crippen molar-refractivity contribution in [3.8, 4) is 157 Å².